The fourth-order valence-electron chi connectivity index (χ4n) is 2.26. The average Bonchev–Trinajstić information content (AvgIpc) is 3.01. The second kappa shape index (κ2) is 5.76. The van der Waals surface area contributed by atoms with Gasteiger partial charge >= 0.3 is 0 Å². The zero-order valence-electron chi connectivity index (χ0n) is 10.8. The van der Waals surface area contributed by atoms with Crippen LogP contribution >= 0.6 is 8.53 Å². The lowest BCUT2D eigenvalue weighted by Crippen LogP contribution is -2.26. The lowest BCUT2D eigenvalue weighted by atomic mass is 10.2. The van der Waals surface area contributed by atoms with E-state index in [1.54, 1.807) is 4.57 Å². The van der Waals surface area contributed by atoms with Crippen LogP contribution < -0.4 is 11.1 Å². The Bertz CT molecular complexity index is 688. The van der Waals surface area contributed by atoms with Gasteiger partial charge in [0, 0.05) is 6.42 Å². The molecule has 1 aliphatic heterocycles. The van der Waals surface area contributed by atoms with E-state index in [4.69, 9.17) is 19.7 Å². The molecule has 3 heterocycles. The minimum absolute atomic E-state index is 0.0169. The van der Waals surface area contributed by atoms with Crippen molar-refractivity contribution in [2.75, 3.05) is 6.61 Å². The molecule has 0 aromatic carbocycles. The van der Waals surface area contributed by atoms with Crippen LogP contribution in [0, 0.1) is 0 Å². The Morgan fingerprint density at radius 1 is 1.62 bits per heavy atom. The van der Waals surface area contributed by atoms with Crippen molar-refractivity contribution >= 4 is 19.7 Å². The molecule has 1 fully saturated rings. The van der Waals surface area contributed by atoms with Gasteiger partial charge in [-0.1, -0.05) is 0 Å². The number of rotatable bonds is 4. The molecule has 2 aromatic rings. The fourth-order valence-corrected chi connectivity index (χ4v) is 2.56. The predicted octanol–water partition coefficient (Wildman–Crippen LogP) is -1.04. The van der Waals surface area contributed by atoms with E-state index in [1.165, 1.54) is 12.7 Å². The smallest absolute Gasteiger partial charge is 0.278 e. The third-order valence-electron chi connectivity index (χ3n) is 3.25. The number of aliphatic hydroxyl groups excluding tert-OH is 1. The molecule has 0 amide bonds. The lowest BCUT2D eigenvalue weighted by molar-refractivity contribution is -0.0378. The Balaban J connectivity index is 1.81. The van der Waals surface area contributed by atoms with Crippen molar-refractivity contribution in [3.05, 3.63) is 23.0 Å². The Morgan fingerprint density at radius 2 is 2.43 bits per heavy atom. The van der Waals surface area contributed by atoms with Crippen LogP contribution in [0.1, 0.15) is 12.6 Å². The number of aromatic nitrogens is 4. The summed E-state index contributed by atoms with van der Waals surface area (Å²) in [6.07, 6.45) is 1.11. The number of aliphatic hydroxyl groups is 1. The van der Waals surface area contributed by atoms with E-state index in [9.17, 15) is 9.90 Å². The number of hydrogen-bond donors (Lipinski definition) is 4. The Labute approximate surface area is 119 Å². The summed E-state index contributed by atoms with van der Waals surface area (Å²) in [5, 5.41) is 9.96. The molecule has 11 heteroatoms. The van der Waals surface area contributed by atoms with E-state index in [0.29, 0.717) is 12.1 Å². The second-order valence-corrected chi connectivity index (χ2v) is 5.45. The zero-order valence-corrected chi connectivity index (χ0v) is 11.7. The SMILES string of the molecule is NP(O)OC[C@H]1O[C@@H](n2cnc3c(=O)[nH]cnc32)C[C@@H]1O. The molecule has 114 valence electrons. The third-order valence-corrected chi connectivity index (χ3v) is 3.66. The first-order chi connectivity index (χ1) is 10.1. The number of H-pyrrole nitrogens is 1. The summed E-state index contributed by atoms with van der Waals surface area (Å²) in [6, 6.07) is 0. The van der Waals surface area contributed by atoms with Crippen LogP contribution in [-0.2, 0) is 9.26 Å². The van der Waals surface area contributed by atoms with E-state index in [1.807, 2.05) is 0 Å². The van der Waals surface area contributed by atoms with Crippen molar-refractivity contribution in [1.29, 1.82) is 0 Å². The van der Waals surface area contributed by atoms with Crippen molar-refractivity contribution in [3.63, 3.8) is 0 Å². The molecule has 0 radical (unpaired) electrons. The van der Waals surface area contributed by atoms with Gasteiger partial charge in [0.1, 0.15) is 12.3 Å². The molecule has 0 aliphatic carbocycles. The average molecular weight is 315 g/mol. The van der Waals surface area contributed by atoms with Gasteiger partial charge in [-0.15, -0.1) is 0 Å². The molecule has 5 N–H and O–H groups in total. The van der Waals surface area contributed by atoms with Crippen LogP contribution in [0.5, 0.6) is 0 Å². The summed E-state index contributed by atoms with van der Waals surface area (Å²) in [5.41, 5.74) is 5.37. The molecule has 3 rings (SSSR count). The van der Waals surface area contributed by atoms with Crippen molar-refractivity contribution in [2.45, 2.75) is 24.9 Å². The van der Waals surface area contributed by atoms with Gasteiger partial charge in [0.25, 0.3) is 5.56 Å². The van der Waals surface area contributed by atoms with Crippen LogP contribution in [0.25, 0.3) is 11.2 Å². The summed E-state index contributed by atoms with van der Waals surface area (Å²) in [6.45, 7) is -0.0169. The second-order valence-electron chi connectivity index (χ2n) is 4.59. The van der Waals surface area contributed by atoms with Gasteiger partial charge in [-0.25, -0.2) is 9.97 Å². The first-order valence-corrected chi connectivity index (χ1v) is 7.45. The molecule has 0 saturated carbocycles. The van der Waals surface area contributed by atoms with Crippen molar-refractivity contribution < 1.29 is 19.3 Å². The highest BCUT2D eigenvalue weighted by atomic mass is 31.2. The summed E-state index contributed by atoms with van der Waals surface area (Å²) < 4.78 is 12.1. The Morgan fingerprint density at radius 3 is 3.19 bits per heavy atom. The van der Waals surface area contributed by atoms with Crippen molar-refractivity contribution in [3.8, 4) is 0 Å². The standard InChI is InChI=1S/C10H14N5O5P/c11-21(18)19-2-6-5(16)1-7(20-6)15-4-14-8-9(15)12-3-13-10(8)17/h3-7,16,18H,1-2,11H2,(H,12,13,17)/t5-,6+,7+,21?/m0/s1. The predicted molar refractivity (Wildman–Crippen MR) is 72.0 cm³/mol. The summed E-state index contributed by atoms with van der Waals surface area (Å²) in [5.74, 6) is 0. The van der Waals surface area contributed by atoms with Gasteiger partial charge in [-0.05, 0) is 0 Å². The minimum Gasteiger partial charge on any atom is -0.390 e. The van der Waals surface area contributed by atoms with E-state index in [-0.39, 0.29) is 17.7 Å². The number of nitrogens with zero attached hydrogens (tertiary/aromatic N) is 3. The van der Waals surface area contributed by atoms with E-state index in [2.05, 4.69) is 15.0 Å². The number of hydrogen-bond acceptors (Lipinski definition) is 8. The largest absolute Gasteiger partial charge is 0.390 e. The first kappa shape index (κ1) is 14.5. The monoisotopic (exact) mass is 315 g/mol. The van der Waals surface area contributed by atoms with Gasteiger partial charge in [0.05, 0.1) is 25.4 Å². The maximum Gasteiger partial charge on any atom is 0.278 e. The van der Waals surface area contributed by atoms with E-state index in [0.717, 1.165) is 0 Å². The highest BCUT2D eigenvalue weighted by Gasteiger charge is 2.36. The topological polar surface area (TPSA) is 149 Å². The fraction of sp³-hybridized carbons (Fsp3) is 0.500. The Kier molecular flexibility index (Phi) is 3.98. The van der Waals surface area contributed by atoms with Crippen LogP contribution in [-0.4, -0.2) is 48.3 Å². The maximum absolute atomic E-state index is 11.6. The van der Waals surface area contributed by atoms with E-state index < -0.39 is 27.0 Å². The van der Waals surface area contributed by atoms with Gasteiger partial charge in [-0.2, -0.15) is 0 Å². The molecule has 21 heavy (non-hydrogen) atoms. The minimum atomic E-state index is -2.00. The highest BCUT2D eigenvalue weighted by molar-refractivity contribution is 7.43. The zero-order chi connectivity index (χ0) is 15.0. The molecule has 2 aromatic heterocycles. The van der Waals surface area contributed by atoms with Gasteiger partial charge in [0.2, 0.25) is 8.53 Å². The van der Waals surface area contributed by atoms with Crippen LogP contribution in [0.3, 0.4) is 0 Å². The summed E-state index contributed by atoms with van der Waals surface area (Å²) >= 11 is 0. The van der Waals surface area contributed by atoms with Gasteiger partial charge in [0.15, 0.2) is 11.2 Å². The van der Waals surface area contributed by atoms with Crippen LogP contribution in [0.2, 0.25) is 0 Å². The molecular weight excluding hydrogens is 301 g/mol. The number of aromatic amines is 1. The number of ether oxygens (including phenoxy) is 1. The van der Waals surface area contributed by atoms with Crippen LogP contribution in [0.4, 0.5) is 0 Å². The summed E-state index contributed by atoms with van der Waals surface area (Å²) in [7, 11) is -2.00. The molecular formula is C10H14N5O5P. The third kappa shape index (κ3) is 2.82. The quantitative estimate of drug-likeness (QED) is 0.523. The molecule has 10 nitrogen and oxygen atoms in total. The number of imidazole rings is 1. The lowest BCUT2D eigenvalue weighted by Gasteiger charge is -2.16. The summed E-state index contributed by atoms with van der Waals surface area (Å²) in [4.78, 5) is 31.0. The highest BCUT2D eigenvalue weighted by Crippen LogP contribution is 2.32. The molecule has 0 spiro atoms. The molecule has 1 aliphatic rings. The van der Waals surface area contributed by atoms with Crippen molar-refractivity contribution in [1.82, 2.24) is 19.5 Å². The van der Waals surface area contributed by atoms with E-state index >= 15 is 0 Å². The van der Waals surface area contributed by atoms with Gasteiger partial charge < -0.3 is 24.2 Å². The first-order valence-electron chi connectivity index (χ1n) is 6.16. The van der Waals surface area contributed by atoms with Crippen LogP contribution in [0.15, 0.2) is 17.4 Å². The number of fused-ring (bicyclic) bond motifs is 1. The van der Waals surface area contributed by atoms with Crippen molar-refractivity contribution in [2.24, 2.45) is 5.50 Å². The Hall–Kier alpha value is -1.42. The molecule has 1 saturated heterocycles. The van der Waals surface area contributed by atoms with Gasteiger partial charge in [-0.3, -0.25) is 14.9 Å². The normalized spacial score (nSPS) is 27.3. The number of nitrogens with two attached hydrogens (primary N) is 1. The number of nitrogens with one attached hydrogen (secondary N) is 1. The molecule has 4 atom stereocenters. The molecule has 0 bridgehead atoms. The molecule has 1 unspecified atom stereocenters. The maximum atomic E-state index is 11.6.